The molecule has 2 aromatic heterocycles. The monoisotopic (exact) mass is 327 g/mol. The minimum absolute atomic E-state index is 0.164. The lowest BCUT2D eigenvalue weighted by molar-refractivity contribution is -0.146. The highest BCUT2D eigenvalue weighted by Gasteiger charge is 2.38. The molecule has 3 heterocycles. The minimum Gasteiger partial charge on any atom is -0.354 e. The van der Waals surface area contributed by atoms with E-state index in [0.717, 1.165) is 29.6 Å². The van der Waals surface area contributed by atoms with Crippen molar-refractivity contribution in [2.24, 2.45) is 11.8 Å². The van der Waals surface area contributed by atoms with Gasteiger partial charge in [-0.15, -0.1) is 15.3 Å². The molecule has 1 aliphatic heterocycles. The average Bonchev–Trinajstić information content (AvgIpc) is 2.85. The van der Waals surface area contributed by atoms with Crippen LogP contribution >= 0.6 is 0 Å². The highest BCUT2D eigenvalue weighted by molar-refractivity contribution is 5.59. The lowest BCUT2D eigenvalue weighted by atomic mass is 9.91. The van der Waals surface area contributed by atoms with Gasteiger partial charge in [-0.3, -0.25) is 0 Å². The van der Waals surface area contributed by atoms with Gasteiger partial charge in [0.15, 0.2) is 11.5 Å². The van der Waals surface area contributed by atoms with Crippen molar-refractivity contribution in [1.82, 2.24) is 19.8 Å². The smallest absolute Gasteiger partial charge is 0.354 e. The molecule has 0 radical (unpaired) electrons. The van der Waals surface area contributed by atoms with E-state index in [1.807, 2.05) is 6.92 Å². The molecule has 23 heavy (non-hydrogen) atoms. The Bertz CT molecular complexity index is 727. The molecule has 2 atom stereocenters. The van der Waals surface area contributed by atoms with Crippen LogP contribution in [0.15, 0.2) is 0 Å². The maximum Gasteiger partial charge on any atom is 0.453 e. The molecule has 0 bridgehead atoms. The number of alkyl halides is 3. The van der Waals surface area contributed by atoms with E-state index < -0.39 is 12.0 Å². The molecule has 126 valence electrons. The molecule has 0 aliphatic carbocycles. The molecule has 2 aromatic rings. The first kappa shape index (κ1) is 16.0. The van der Waals surface area contributed by atoms with Gasteiger partial charge in [0.2, 0.25) is 0 Å². The number of hydrogen-bond donors (Lipinski definition) is 0. The Morgan fingerprint density at radius 2 is 1.61 bits per heavy atom. The number of piperidine rings is 1. The van der Waals surface area contributed by atoms with E-state index in [1.165, 1.54) is 0 Å². The van der Waals surface area contributed by atoms with Crippen LogP contribution in [-0.2, 0) is 6.18 Å². The van der Waals surface area contributed by atoms with Crippen LogP contribution in [0.1, 0.15) is 37.2 Å². The molecule has 1 saturated heterocycles. The van der Waals surface area contributed by atoms with Crippen LogP contribution in [0.4, 0.5) is 19.0 Å². The number of aromatic nitrogens is 4. The Morgan fingerprint density at radius 3 is 2.17 bits per heavy atom. The van der Waals surface area contributed by atoms with Crippen LogP contribution in [-0.4, -0.2) is 32.9 Å². The molecule has 0 saturated carbocycles. The van der Waals surface area contributed by atoms with Gasteiger partial charge in [0.25, 0.3) is 5.82 Å². The number of rotatable bonds is 1. The van der Waals surface area contributed by atoms with E-state index in [0.29, 0.717) is 23.2 Å². The first-order valence-corrected chi connectivity index (χ1v) is 7.73. The highest BCUT2D eigenvalue weighted by atomic mass is 19.4. The molecular weight excluding hydrogens is 307 g/mol. The Labute approximate surface area is 132 Å². The zero-order valence-corrected chi connectivity index (χ0v) is 13.6. The highest BCUT2D eigenvalue weighted by Crippen LogP contribution is 2.32. The van der Waals surface area contributed by atoms with Gasteiger partial charge in [0, 0.05) is 24.2 Å². The zero-order valence-electron chi connectivity index (χ0n) is 13.6. The number of fused-ring (bicyclic) bond motifs is 1. The van der Waals surface area contributed by atoms with E-state index in [1.54, 1.807) is 6.92 Å². The van der Waals surface area contributed by atoms with Crippen molar-refractivity contribution in [3.8, 4) is 0 Å². The molecule has 3 rings (SSSR count). The molecule has 2 unspecified atom stereocenters. The van der Waals surface area contributed by atoms with Gasteiger partial charge in [-0.1, -0.05) is 13.8 Å². The quantitative estimate of drug-likeness (QED) is 0.807. The molecule has 0 amide bonds. The van der Waals surface area contributed by atoms with E-state index in [9.17, 15) is 13.2 Å². The summed E-state index contributed by atoms with van der Waals surface area (Å²) in [4.78, 5) is 2.08. The topological polar surface area (TPSA) is 46.3 Å². The van der Waals surface area contributed by atoms with E-state index >= 15 is 0 Å². The third kappa shape index (κ3) is 2.74. The average molecular weight is 327 g/mol. The summed E-state index contributed by atoms with van der Waals surface area (Å²) in [5.41, 5.74) is 1.71. The second-order valence-corrected chi connectivity index (χ2v) is 6.68. The third-order valence-electron chi connectivity index (χ3n) is 4.49. The van der Waals surface area contributed by atoms with Crippen LogP contribution in [0.3, 0.4) is 0 Å². The van der Waals surface area contributed by atoms with E-state index in [2.05, 4.69) is 34.0 Å². The Kier molecular flexibility index (Phi) is 3.72. The van der Waals surface area contributed by atoms with E-state index in [-0.39, 0.29) is 5.65 Å². The van der Waals surface area contributed by atoms with Gasteiger partial charge >= 0.3 is 6.18 Å². The second-order valence-electron chi connectivity index (χ2n) is 6.68. The molecule has 5 nitrogen and oxygen atoms in total. The Balaban J connectivity index is 2.15. The van der Waals surface area contributed by atoms with Crippen molar-refractivity contribution in [2.75, 3.05) is 18.0 Å². The maximum atomic E-state index is 13.1. The third-order valence-corrected chi connectivity index (χ3v) is 4.49. The van der Waals surface area contributed by atoms with Crippen LogP contribution in [0.2, 0.25) is 0 Å². The van der Waals surface area contributed by atoms with Crippen LogP contribution < -0.4 is 4.90 Å². The van der Waals surface area contributed by atoms with E-state index in [4.69, 9.17) is 0 Å². The van der Waals surface area contributed by atoms with Crippen molar-refractivity contribution in [3.63, 3.8) is 0 Å². The number of hydrogen-bond acceptors (Lipinski definition) is 4. The predicted molar refractivity (Wildman–Crippen MR) is 80.4 cm³/mol. The summed E-state index contributed by atoms with van der Waals surface area (Å²) < 4.78 is 40.1. The lowest BCUT2D eigenvalue weighted by Gasteiger charge is -2.36. The summed E-state index contributed by atoms with van der Waals surface area (Å²) in [5, 5.41) is 11.2. The zero-order chi connectivity index (χ0) is 16.9. The lowest BCUT2D eigenvalue weighted by Crippen LogP contribution is -2.40. The van der Waals surface area contributed by atoms with Gasteiger partial charge in [-0.25, -0.2) is 0 Å². The van der Waals surface area contributed by atoms with Crippen LogP contribution in [0.5, 0.6) is 0 Å². The molecule has 0 N–H and O–H groups in total. The molecule has 8 heteroatoms. The van der Waals surface area contributed by atoms with Gasteiger partial charge in [-0.05, 0) is 32.1 Å². The fourth-order valence-electron chi connectivity index (χ4n) is 3.43. The summed E-state index contributed by atoms with van der Waals surface area (Å²) in [6, 6.07) is 0. The Hall–Kier alpha value is -1.86. The largest absolute Gasteiger partial charge is 0.453 e. The summed E-state index contributed by atoms with van der Waals surface area (Å²) in [6.45, 7) is 9.55. The van der Waals surface area contributed by atoms with Gasteiger partial charge < -0.3 is 4.90 Å². The number of anilines is 1. The van der Waals surface area contributed by atoms with Crippen molar-refractivity contribution in [1.29, 1.82) is 0 Å². The predicted octanol–water partition coefficient (Wildman–Crippen LogP) is 3.24. The number of nitrogens with zero attached hydrogens (tertiary/aromatic N) is 5. The number of halogens is 3. The molecule has 0 aromatic carbocycles. The second kappa shape index (κ2) is 5.35. The molecule has 1 aliphatic rings. The van der Waals surface area contributed by atoms with Crippen LogP contribution in [0.25, 0.3) is 5.65 Å². The van der Waals surface area contributed by atoms with Crippen molar-refractivity contribution >= 4 is 11.5 Å². The Morgan fingerprint density at radius 1 is 1.00 bits per heavy atom. The molecular formula is C15H20F3N5. The van der Waals surface area contributed by atoms with Crippen molar-refractivity contribution < 1.29 is 13.2 Å². The fourth-order valence-corrected chi connectivity index (χ4v) is 3.43. The summed E-state index contributed by atoms with van der Waals surface area (Å²) in [6.07, 6.45) is -3.45. The van der Waals surface area contributed by atoms with Crippen molar-refractivity contribution in [3.05, 3.63) is 17.0 Å². The fraction of sp³-hybridized carbons (Fsp3) is 0.667. The molecule has 0 spiro atoms. The van der Waals surface area contributed by atoms with Gasteiger partial charge in [-0.2, -0.15) is 17.7 Å². The summed E-state index contributed by atoms with van der Waals surface area (Å²) >= 11 is 0. The normalized spacial score (nSPS) is 22.8. The van der Waals surface area contributed by atoms with Gasteiger partial charge in [0.05, 0.1) is 0 Å². The standard InChI is InChI=1S/C15H20F3N5/c1-8-5-9(2)7-22(6-8)13-11(4)10(3)12-19-20-14(15(16,17)18)23(12)21-13/h8-9H,5-7H2,1-4H3. The summed E-state index contributed by atoms with van der Waals surface area (Å²) in [7, 11) is 0. The summed E-state index contributed by atoms with van der Waals surface area (Å²) in [5.74, 6) is 0.492. The SMILES string of the molecule is Cc1c(N2CC(C)CC(C)C2)nn2c(C(F)(F)F)nnc2c1C. The maximum absolute atomic E-state index is 13.1. The van der Waals surface area contributed by atoms with Crippen molar-refractivity contribution in [2.45, 2.75) is 40.3 Å². The van der Waals surface area contributed by atoms with Crippen LogP contribution in [0, 0.1) is 25.7 Å². The molecule has 1 fully saturated rings. The minimum atomic E-state index is -4.58. The number of aryl methyl sites for hydroxylation is 1. The first-order chi connectivity index (χ1) is 10.7. The van der Waals surface area contributed by atoms with Gasteiger partial charge in [0.1, 0.15) is 0 Å². The first-order valence-electron chi connectivity index (χ1n) is 7.73.